The lowest BCUT2D eigenvalue weighted by atomic mass is 9.89. The molecule has 3 atom stereocenters. The Hall–Kier alpha value is -2.74. The number of carboxylic acid groups (broad SMARTS) is 2. The maximum absolute atomic E-state index is 13.2. The van der Waals surface area contributed by atoms with Crippen LogP contribution >= 0.6 is 34.9 Å². The molecule has 0 radical (unpaired) electrons. The van der Waals surface area contributed by atoms with Crippen LogP contribution in [0, 0.1) is 5.41 Å². The highest BCUT2D eigenvalue weighted by molar-refractivity contribution is 8.00. The molecule has 2 unspecified atom stereocenters. The Labute approximate surface area is 222 Å². The van der Waals surface area contributed by atoms with E-state index in [-0.39, 0.29) is 29.8 Å². The van der Waals surface area contributed by atoms with Gasteiger partial charge in [0.2, 0.25) is 27.0 Å². The van der Waals surface area contributed by atoms with Gasteiger partial charge in [0.15, 0.2) is 0 Å². The van der Waals surface area contributed by atoms with Crippen molar-refractivity contribution in [3.63, 3.8) is 0 Å². The number of tetrazole rings is 1. The van der Waals surface area contributed by atoms with Gasteiger partial charge in [-0.25, -0.2) is 18.2 Å². The van der Waals surface area contributed by atoms with Crippen LogP contribution in [0.5, 0.6) is 0 Å². The summed E-state index contributed by atoms with van der Waals surface area (Å²) in [4.78, 5) is 52.0. The fraction of sp³-hybridized carbons (Fsp3) is 0.500. The molecule has 2 amide bonds. The van der Waals surface area contributed by atoms with Gasteiger partial charge in [-0.3, -0.25) is 24.1 Å². The molecule has 4 N–H and O–H groups in total. The van der Waals surface area contributed by atoms with Crippen molar-refractivity contribution in [3.05, 3.63) is 17.5 Å². The minimum atomic E-state index is -3.76. The Morgan fingerprint density at radius 3 is 2.70 bits per heavy atom. The van der Waals surface area contributed by atoms with E-state index in [9.17, 15) is 32.7 Å². The van der Waals surface area contributed by atoms with Crippen LogP contribution in [0.25, 0.3) is 0 Å². The van der Waals surface area contributed by atoms with E-state index >= 15 is 0 Å². The molecule has 0 saturated carbocycles. The van der Waals surface area contributed by atoms with Gasteiger partial charge in [-0.15, -0.1) is 28.2 Å². The molecule has 2 aliphatic rings. The first kappa shape index (κ1) is 27.3. The predicted octanol–water partition coefficient (Wildman–Crippen LogP) is -1.02. The third-order valence-corrected chi connectivity index (χ3v) is 10.2. The van der Waals surface area contributed by atoms with Gasteiger partial charge in [-0.05, 0) is 27.9 Å². The van der Waals surface area contributed by atoms with Gasteiger partial charge in [0.25, 0.3) is 0 Å². The number of carbonyl (C=O) groups excluding carboxylic acids is 2. The number of aliphatic carboxylic acids is 2. The molecule has 0 spiro atoms. The third-order valence-electron chi connectivity index (χ3n) is 5.73. The molecule has 0 bridgehead atoms. The lowest BCUT2D eigenvalue weighted by Crippen LogP contribution is -2.74. The van der Waals surface area contributed by atoms with E-state index in [4.69, 9.17) is 10.2 Å². The molecular formula is C18H21N7O8S4. The summed E-state index contributed by atoms with van der Waals surface area (Å²) < 4.78 is 23.7. The first-order chi connectivity index (χ1) is 17.4. The number of fused-ring (bicyclic) bond motifs is 1. The van der Waals surface area contributed by atoms with Crippen LogP contribution < -0.4 is 10.0 Å². The average molecular weight is 592 g/mol. The number of hydrogen-bond donors (Lipinski definition) is 3. The molecule has 37 heavy (non-hydrogen) atoms. The van der Waals surface area contributed by atoms with Crippen LogP contribution in [0.3, 0.4) is 0 Å². The summed E-state index contributed by atoms with van der Waals surface area (Å²) in [6.07, 6.45) is -0.783. The van der Waals surface area contributed by atoms with Crippen LogP contribution in [-0.4, -0.2) is 103 Å². The van der Waals surface area contributed by atoms with Crippen molar-refractivity contribution in [1.82, 2.24) is 25.1 Å². The summed E-state index contributed by atoms with van der Waals surface area (Å²) in [6.45, 7) is -0.243. The SMILES string of the molecule is NS(=O)(=O)CCn1nnnc1SCC1(C(=O)O)CS[C@@H]2C(N(C(=O)CC(=O)O)c3cccs3)C(=O)N2C1. The summed E-state index contributed by atoms with van der Waals surface area (Å²) in [6, 6.07) is 2.35. The Kier molecular flexibility index (Phi) is 7.79. The van der Waals surface area contributed by atoms with Crippen molar-refractivity contribution in [2.75, 3.05) is 28.7 Å². The molecule has 19 heteroatoms. The average Bonchev–Trinajstić information content (AvgIpc) is 3.50. The van der Waals surface area contributed by atoms with Crippen molar-refractivity contribution in [1.29, 1.82) is 0 Å². The number of anilines is 1. The molecule has 2 aliphatic heterocycles. The summed E-state index contributed by atoms with van der Waals surface area (Å²) in [5, 5.41) is 37.0. The summed E-state index contributed by atoms with van der Waals surface area (Å²) in [5.41, 5.74) is -1.37. The molecule has 4 rings (SSSR count). The first-order valence-corrected chi connectivity index (χ1v) is 15.2. The fourth-order valence-corrected chi connectivity index (χ4v) is 7.90. The van der Waals surface area contributed by atoms with Crippen LogP contribution in [0.1, 0.15) is 6.42 Å². The van der Waals surface area contributed by atoms with Gasteiger partial charge in [-0.2, -0.15) is 0 Å². The minimum absolute atomic E-state index is 0.0150. The molecule has 4 heterocycles. The number of carbonyl (C=O) groups is 4. The number of rotatable bonds is 11. The number of nitrogens with zero attached hydrogens (tertiary/aromatic N) is 6. The van der Waals surface area contributed by atoms with Gasteiger partial charge in [-0.1, -0.05) is 11.8 Å². The standard InChI is InChI=1S/C18H21N7O8S4/c19-37(32,33)5-3-24-17(20-21-22-24)36-9-18(16(30)31)7-23-14(29)13(15(23)35-8-18)25(10(26)6-12(27)28)11-2-1-4-34-11/h1-2,4,13,15H,3,5-9H2,(H,27,28)(H,30,31)(H2,19,32,33)/t13?,15-,18?/m1/s1. The van der Waals surface area contributed by atoms with Crippen LogP contribution in [-0.2, 0) is 35.7 Å². The molecular weight excluding hydrogens is 571 g/mol. The van der Waals surface area contributed by atoms with Crippen molar-refractivity contribution in [3.8, 4) is 0 Å². The lowest BCUT2D eigenvalue weighted by molar-refractivity contribution is -0.156. The molecule has 2 fully saturated rings. The number of thioether (sulfide) groups is 2. The Morgan fingerprint density at radius 1 is 1.32 bits per heavy atom. The predicted molar refractivity (Wildman–Crippen MR) is 132 cm³/mol. The molecule has 2 aromatic rings. The summed E-state index contributed by atoms with van der Waals surface area (Å²) in [5.74, 6) is -3.98. The topological polar surface area (TPSA) is 219 Å². The molecule has 0 aliphatic carbocycles. The van der Waals surface area contributed by atoms with Crippen molar-refractivity contribution < 1.29 is 37.8 Å². The van der Waals surface area contributed by atoms with Gasteiger partial charge in [0.05, 0.1) is 17.3 Å². The number of aryl methyl sites for hydroxylation is 1. The number of aromatic nitrogens is 4. The van der Waals surface area contributed by atoms with E-state index in [0.29, 0.717) is 5.00 Å². The highest BCUT2D eigenvalue weighted by Crippen LogP contribution is 2.47. The third kappa shape index (κ3) is 5.74. The molecule has 2 aromatic heterocycles. The van der Waals surface area contributed by atoms with E-state index in [0.717, 1.165) is 11.8 Å². The second kappa shape index (κ2) is 10.6. The second-order valence-electron chi connectivity index (χ2n) is 8.32. The van der Waals surface area contributed by atoms with E-state index in [2.05, 4.69) is 15.5 Å². The maximum Gasteiger partial charge on any atom is 0.313 e. The van der Waals surface area contributed by atoms with Crippen molar-refractivity contribution >= 4 is 73.6 Å². The Balaban J connectivity index is 1.48. The molecule has 15 nitrogen and oxygen atoms in total. The first-order valence-electron chi connectivity index (χ1n) is 10.5. The van der Waals surface area contributed by atoms with Crippen LogP contribution in [0.2, 0.25) is 0 Å². The number of sulfonamides is 1. The Bertz CT molecular complexity index is 1320. The van der Waals surface area contributed by atoms with Gasteiger partial charge in [0.1, 0.15) is 23.3 Å². The zero-order chi connectivity index (χ0) is 27.0. The van der Waals surface area contributed by atoms with Crippen molar-refractivity contribution in [2.45, 2.75) is 29.5 Å². The summed E-state index contributed by atoms with van der Waals surface area (Å²) >= 11 is 3.40. The number of β-lactam (4-membered cyclic amide) rings is 1. The van der Waals surface area contributed by atoms with Gasteiger partial charge < -0.3 is 15.1 Å². The lowest BCUT2D eigenvalue weighted by Gasteiger charge is -2.56. The minimum Gasteiger partial charge on any atom is -0.481 e. The zero-order valence-corrected chi connectivity index (χ0v) is 22.1. The van der Waals surface area contributed by atoms with E-state index in [1.165, 1.54) is 37.6 Å². The fourth-order valence-electron chi connectivity index (χ4n) is 3.88. The van der Waals surface area contributed by atoms with Crippen LogP contribution in [0.15, 0.2) is 22.7 Å². The second-order valence-corrected chi connectivity index (χ2v) is 13.0. The highest BCUT2D eigenvalue weighted by atomic mass is 32.2. The largest absolute Gasteiger partial charge is 0.481 e. The Morgan fingerprint density at radius 2 is 2.08 bits per heavy atom. The van der Waals surface area contributed by atoms with E-state index in [1.807, 2.05) is 0 Å². The summed E-state index contributed by atoms with van der Waals surface area (Å²) in [7, 11) is -3.76. The number of thiophene rings is 1. The molecule has 2 saturated heterocycles. The molecule has 0 aromatic carbocycles. The number of carboxylic acids is 2. The molecule has 200 valence electrons. The van der Waals surface area contributed by atoms with E-state index in [1.54, 1.807) is 17.5 Å². The number of hydrogen-bond acceptors (Lipinski definition) is 12. The van der Waals surface area contributed by atoms with Gasteiger partial charge in [0, 0.05) is 18.1 Å². The number of primary sulfonamides is 1. The smallest absolute Gasteiger partial charge is 0.313 e. The maximum atomic E-state index is 13.2. The van der Waals surface area contributed by atoms with Crippen molar-refractivity contribution in [2.24, 2.45) is 10.6 Å². The van der Waals surface area contributed by atoms with E-state index < -0.39 is 62.8 Å². The number of amides is 2. The number of nitrogens with two attached hydrogens (primary N) is 1. The normalized spacial score (nSPS) is 23.3. The zero-order valence-electron chi connectivity index (χ0n) is 18.9. The quantitative estimate of drug-likeness (QED) is 0.162. The van der Waals surface area contributed by atoms with Crippen LogP contribution in [0.4, 0.5) is 5.00 Å². The highest BCUT2D eigenvalue weighted by Gasteiger charge is 2.60. The monoisotopic (exact) mass is 591 g/mol. The van der Waals surface area contributed by atoms with Gasteiger partial charge >= 0.3 is 11.9 Å².